The average Bonchev–Trinajstić information content (AvgIpc) is 2.57. The normalized spacial score (nSPS) is 11.7. The molecule has 0 saturated carbocycles. The summed E-state index contributed by atoms with van der Waals surface area (Å²) in [5.41, 5.74) is 1.38. The number of hydrogen-bond acceptors (Lipinski definition) is 4. The molecule has 2 aromatic rings. The third-order valence-electron chi connectivity index (χ3n) is 3.46. The summed E-state index contributed by atoms with van der Waals surface area (Å²) in [6, 6.07) is 14.8. The first-order valence-corrected chi connectivity index (χ1v) is 7.41. The predicted octanol–water partition coefficient (Wildman–Crippen LogP) is 1.52. The van der Waals surface area contributed by atoms with E-state index in [1.165, 1.54) is 0 Å². The molecular weight excluding hydrogens is 292 g/mol. The third-order valence-corrected chi connectivity index (χ3v) is 3.46. The molecule has 0 fully saturated rings. The van der Waals surface area contributed by atoms with E-state index in [9.17, 15) is 14.7 Å². The van der Waals surface area contributed by atoms with Gasteiger partial charge in [0.15, 0.2) is 5.78 Å². The molecule has 3 N–H and O–H groups in total. The Morgan fingerprint density at radius 3 is 2.30 bits per heavy atom. The summed E-state index contributed by atoms with van der Waals surface area (Å²) in [7, 11) is 1.69. The number of rotatable bonds is 7. The summed E-state index contributed by atoms with van der Waals surface area (Å²) in [6.07, 6.45) is 0.374. The molecule has 1 unspecified atom stereocenters. The highest BCUT2D eigenvalue weighted by Gasteiger charge is 2.21. The molecule has 2 aromatic carbocycles. The number of nitrogens with one attached hydrogen (secondary N) is 2. The van der Waals surface area contributed by atoms with Crippen molar-refractivity contribution >= 4 is 11.7 Å². The Kier molecular flexibility index (Phi) is 5.88. The SMILES string of the molecule is CNCC(=O)C(Cc1ccc(O)cc1)NC(=O)c1ccccc1. The number of ketones is 1. The molecule has 5 heteroatoms. The number of phenols is 1. The summed E-state index contributed by atoms with van der Waals surface area (Å²) in [5.74, 6) is -0.205. The van der Waals surface area contributed by atoms with Crippen molar-refractivity contribution in [3.05, 3.63) is 65.7 Å². The first-order valence-electron chi connectivity index (χ1n) is 7.41. The molecule has 5 nitrogen and oxygen atoms in total. The smallest absolute Gasteiger partial charge is 0.251 e. The van der Waals surface area contributed by atoms with Crippen molar-refractivity contribution < 1.29 is 14.7 Å². The zero-order valence-electron chi connectivity index (χ0n) is 13.0. The zero-order valence-corrected chi connectivity index (χ0v) is 13.0. The minimum absolute atomic E-state index is 0.0927. The minimum Gasteiger partial charge on any atom is -0.508 e. The zero-order chi connectivity index (χ0) is 16.7. The van der Waals surface area contributed by atoms with Crippen LogP contribution in [0.2, 0.25) is 0 Å². The van der Waals surface area contributed by atoms with Gasteiger partial charge in [0.1, 0.15) is 5.75 Å². The molecule has 120 valence electrons. The molecule has 1 amide bonds. The van der Waals surface area contributed by atoms with E-state index in [2.05, 4.69) is 10.6 Å². The Morgan fingerprint density at radius 2 is 1.70 bits per heavy atom. The lowest BCUT2D eigenvalue weighted by atomic mass is 10.0. The lowest BCUT2D eigenvalue weighted by molar-refractivity contribution is -0.119. The van der Waals surface area contributed by atoms with E-state index >= 15 is 0 Å². The van der Waals surface area contributed by atoms with Crippen molar-refractivity contribution in [2.24, 2.45) is 0 Å². The highest BCUT2D eigenvalue weighted by molar-refractivity contribution is 5.98. The topological polar surface area (TPSA) is 78.4 Å². The van der Waals surface area contributed by atoms with Gasteiger partial charge in [-0.25, -0.2) is 0 Å². The standard InChI is InChI=1S/C18H20N2O3/c1-19-12-17(22)16(11-13-7-9-15(21)10-8-13)20-18(23)14-5-3-2-4-6-14/h2-10,16,19,21H,11-12H2,1H3,(H,20,23). The number of benzene rings is 2. The van der Waals surface area contributed by atoms with Crippen molar-refractivity contribution in [3.8, 4) is 5.75 Å². The van der Waals surface area contributed by atoms with Gasteiger partial charge in [0.25, 0.3) is 5.91 Å². The van der Waals surface area contributed by atoms with Crippen LogP contribution in [0.25, 0.3) is 0 Å². The van der Waals surface area contributed by atoms with Crippen LogP contribution in [0, 0.1) is 0 Å². The molecule has 0 aliphatic heterocycles. The highest BCUT2D eigenvalue weighted by Crippen LogP contribution is 2.12. The van der Waals surface area contributed by atoms with Crippen molar-refractivity contribution in [2.75, 3.05) is 13.6 Å². The number of phenolic OH excluding ortho intramolecular Hbond substituents is 1. The second kappa shape index (κ2) is 8.10. The number of carbonyl (C=O) groups is 2. The van der Waals surface area contributed by atoms with Crippen LogP contribution in [0.4, 0.5) is 0 Å². The number of carbonyl (C=O) groups excluding carboxylic acids is 2. The van der Waals surface area contributed by atoms with Gasteiger partial charge >= 0.3 is 0 Å². The van der Waals surface area contributed by atoms with Crippen molar-refractivity contribution in [3.63, 3.8) is 0 Å². The molecule has 0 saturated heterocycles. The van der Waals surface area contributed by atoms with Crippen molar-refractivity contribution in [1.29, 1.82) is 0 Å². The summed E-state index contributed by atoms with van der Waals surface area (Å²) in [4.78, 5) is 24.5. The molecule has 2 rings (SSSR count). The Bertz CT molecular complexity index is 654. The average molecular weight is 312 g/mol. The van der Waals surface area contributed by atoms with Crippen LogP contribution < -0.4 is 10.6 Å². The van der Waals surface area contributed by atoms with Crippen molar-refractivity contribution in [2.45, 2.75) is 12.5 Å². The van der Waals surface area contributed by atoms with Gasteiger partial charge in [-0.15, -0.1) is 0 Å². The lowest BCUT2D eigenvalue weighted by Gasteiger charge is -2.18. The number of likely N-dealkylation sites (N-methyl/N-ethyl adjacent to an activating group) is 1. The molecule has 0 bridgehead atoms. The molecule has 0 heterocycles. The molecule has 0 radical (unpaired) electrons. The van der Waals surface area contributed by atoms with Gasteiger partial charge in [-0.2, -0.15) is 0 Å². The first kappa shape index (κ1) is 16.7. The molecular formula is C18H20N2O3. The molecule has 0 aromatic heterocycles. The van der Waals surface area contributed by atoms with Gasteiger partial charge in [0.2, 0.25) is 0 Å². The van der Waals surface area contributed by atoms with Gasteiger partial charge < -0.3 is 15.7 Å². The van der Waals surface area contributed by atoms with Crippen molar-refractivity contribution in [1.82, 2.24) is 10.6 Å². The second-order valence-corrected chi connectivity index (χ2v) is 5.26. The fourth-order valence-electron chi connectivity index (χ4n) is 2.24. The van der Waals surface area contributed by atoms with E-state index in [0.717, 1.165) is 5.56 Å². The number of amides is 1. The van der Waals surface area contributed by atoms with E-state index in [0.29, 0.717) is 12.0 Å². The molecule has 0 aliphatic rings. The molecule has 1 atom stereocenters. The van der Waals surface area contributed by atoms with Gasteiger partial charge in [-0.05, 0) is 43.3 Å². The van der Waals surface area contributed by atoms with Gasteiger partial charge in [-0.3, -0.25) is 9.59 Å². The highest BCUT2D eigenvalue weighted by atomic mass is 16.3. The van der Waals surface area contributed by atoms with Gasteiger partial charge in [0.05, 0.1) is 12.6 Å². The second-order valence-electron chi connectivity index (χ2n) is 5.26. The molecule has 0 spiro atoms. The van der Waals surface area contributed by atoms with Crippen LogP contribution >= 0.6 is 0 Å². The number of hydrogen-bond donors (Lipinski definition) is 3. The van der Waals surface area contributed by atoms with Crippen LogP contribution in [0.3, 0.4) is 0 Å². The van der Waals surface area contributed by atoms with E-state index in [1.807, 2.05) is 6.07 Å². The summed E-state index contributed by atoms with van der Waals surface area (Å²) < 4.78 is 0. The molecule has 23 heavy (non-hydrogen) atoms. The van der Waals surface area contributed by atoms with Gasteiger partial charge in [-0.1, -0.05) is 30.3 Å². The van der Waals surface area contributed by atoms with Crippen LogP contribution in [-0.2, 0) is 11.2 Å². The maximum absolute atomic E-state index is 12.3. The van der Waals surface area contributed by atoms with E-state index in [1.54, 1.807) is 55.6 Å². The minimum atomic E-state index is -0.625. The lowest BCUT2D eigenvalue weighted by Crippen LogP contribution is -2.45. The summed E-state index contributed by atoms with van der Waals surface area (Å²) >= 11 is 0. The van der Waals surface area contributed by atoms with Crippen LogP contribution in [-0.4, -0.2) is 36.4 Å². The number of Topliss-reactive ketones (excluding diaryl/α,β-unsaturated/α-hetero) is 1. The molecule has 0 aliphatic carbocycles. The van der Waals surface area contributed by atoms with E-state index in [-0.39, 0.29) is 24.0 Å². The predicted molar refractivity (Wildman–Crippen MR) is 88.4 cm³/mol. The fourth-order valence-corrected chi connectivity index (χ4v) is 2.24. The quantitative estimate of drug-likeness (QED) is 0.724. The maximum Gasteiger partial charge on any atom is 0.251 e. The first-order chi connectivity index (χ1) is 11.1. The van der Waals surface area contributed by atoms with Crippen LogP contribution in [0.1, 0.15) is 15.9 Å². The number of aromatic hydroxyl groups is 1. The monoisotopic (exact) mass is 312 g/mol. The van der Waals surface area contributed by atoms with Crippen LogP contribution in [0.15, 0.2) is 54.6 Å². The Balaban J connectivity index is 2.12. The van der Waals surface area contributed by atoms with E-state index < -0.39 is 6.04 Å². The Hall–Kier alpha value is -2.66. The fraction of sp³-hybridized carbons (Fsp3) is 0.222. The summed E-state index contributed by atoms with van der Waals surface area (Å²) in [6.45, 7) is 0.178. The largest absolute Gasteiger partial charge is 0.508 e. The van der Waals surface area contributed by atoms with Gasteiger partial charge in [0, 0.05) is 5.56 Å². The summed E-state index contributed by atoms with van der Waals surface area (Å²) in [5, 5.41) is 14.9. The van der Waals surface area contributed by atoms with E-state index in [4.69, 9.17) is 0 Å². The maximum atomic E-state index is 12.3. The van der Waals surface area contributed by atoms with Crippen LogP contribution in [0.5, 0.6) is 5.75 Å². The Labute approximate surface area is 135 Å². The third kappa shape index (κ3) is 4.93. The Morgan fingerprint density at radius 1 is 1.04 bits per heavy atom.